The molecule has 2 rings (SSSR count). The van der Waals surface area contributed by atoms with Gasteiger partial charge in [-0.25, -0.2) is 0 Å². The van der Waals surface area contributed by atoms with Crippen molar-refractivity contribution >= 4 is 21.6 Å². The zero-order valence-corrected chi connectivity index (χ0v) is 15.2. The highest BCUT2D eigenvalue weighted by Gasteiger charge is 2.24. The van der Waals surface area contributed by atoms with Gasteiger partial charge >= 0.3 is 0 Å². The summed E-state index contributed by atoms with van der Waals surface area (Å²) >= 11 is 3.60. The van der Waals surface area contributed by atoms with Gasteiger partial charge in [0.25, 0.3) is 0 Å². The van der Waals surface area contributed by atoms with E-state index in [1.165, 1.54) is 11.3 Å². The first-order chi connectivity index (χ1) is 9.90. The first-order valence-corrected chi connectivity index (χ1v) is 8.58. The Bertz CT molecular complexity index is 470. The number of benzene rings is 1. The number of halogens is 1. The van der Waals surface area contributed by atoms with Gasteiger partial charge in [-0.1, -0.05) is 22.9 Å². The van der Waals surface area contributed by atoms with E-state index in [-0.39, 0.29) is 5.54 Å². The molecule has 1 saturated heterocycles. The lowest BCUT2D eigenvalue weighted by Gasteiger charge is -2.38. The molecule has 1 aliphatic rings. The van der Waals surface area contributed by atoms with Crippen LogP contribution in [0.3, 0.4) is 0 Å². The van der Waals surface area contributed by atoms with Gasteiger partial charge in [0.2, 0.25) is 0 Å². The van der Waals surface area contributed by atoms with Crippen LogP contribution in [0.4, 0.5) is 5.69 Å². The molecule has 0 spiro atoms. The molecule has 0 bridgehead atoms. The molecule has 1 aromatic rings. The summed E-state index contributed by atoms with van der Waals surface area (Å²) in [5, 5.41) is 3.60. The summed E-state index contributed by atoms with van der Waals surface area (Å²) in [4.78, 5) is 2.51. The molecule has 1 N–H and O–H groups in total. The molecule has 0 amide bonds. The van der Waals surface area contributed by atoms with Crippen LogP contribution in [0.1, 0.15) is 39.7 Å². The van der Waals surface area contributed by atoms with Crippen molar-refractivity contribution < 1.29 is 4.74 Å². The first-order valence-electron chi connectivity index (χ1n) is 7.78. The third-order valence-electron chi connectivity index (χ3n) is 3.86. The largest absolute Gasteiger partial charge is 0.377 e. The lowest BCUT2D eigenvalue weighted by Crippen LogP contribution is -2.46. The fourth-order valence-corrected chi connectivity index (χ4v) is 3.05. The topological polar surface area (TPSA) is 24.5 Å². The average Bonchev–Trinajstić information content (AvgIpc) is 2.44. The normalized spacial score (nSPS) is 19.9. The number of hydrogen-bond donors (Lipinski definition) is 1. The Morgan fingerprint density at radius 1 is 1.38 bits per heavy atom. The number of hydrogen-bond acceptors (Lipinski definition) is 3. The summed E-state index contributed by atoms with van der Waals surface area (Å²) in [5.74, 6) is 0. The predicted molar refractivity (Wildman–Crippen MR) is 93.0 cm³/mol. The van der Waals surface area contributed by atoms with Crippen molar-refractivity contribution in [1.82, 2.24) is 5.32 Å². The van der Waals surface area contributed by atoms with Gasteiger partial charge in [-0.3, -0.25) is 0 Å². The van der Waals surface area contributed by atoms with Crippen LogP contribution in [-0.4, -0.2) is 31.3 Å². The van der Waals surface area contributed by atoms with E-state index < -0.39 is 0 Å². The van der Waals surface area contributed by atoms with Gasteiger partial charge in [-0.15, -0.1) is 0 Å². The molecule has 1 atom stereocenters. The van der Waals surface area contributed by atoms with E-state index in [0.29, 0.717) is 6.04 Å². The maximum atomic E-state index is 5.64. The minimum atomic E-state index is 0.120. The Hall–Kier alpha value is -0.580. The van der Waals surface area contributed by atoms with Crippen LogP contribution in [0.5, 0.6) is 0 Å². The molecule has 0 radical (unpaired) electrons. The van der Waals surface area contributed by atoms with E-state index in [1.54, 1.807) is 0 Å². The van der Waals surface area contributed by atoms with Crippen molar-refractivity contribution in [2.75, 3.05) is 24.7 Å². The summed E-state index contributed by atoms with van der Waals surface area (Å²) in [5.41, 5.74) is 2.80. The highest BCUT2D eigenvalue weighted by Crippen LogP contribution is 2.28. The molecule has 0 saturated carbocycles. The standard InChI is InChI=1S/C17H27BrN2O/c1-5-15-12-21-9-8-20(15)16-7-6-14(18)10-13(16)11-19-17(2,3)4/h6-7,10,15,19H,5,8-9,11-12H2,1-4H3. The molecule has 1 heterocycles. The minimum absolute atomic E-state index is 0.120. The Balaban J connectivity index is 2.25. The monoisotopic (exact) mass is 354 g/mol. The molecule has 3 nitrogen and oxygen atoms in total. The van der Waals surface area contributed by atoms with Crippen molar-refractivity contribution in [2.45, 2.75) is 52.2 Å². The maximum absolute atomic E-state index is 5.64. The molecule has 0 aliphatic carbocycles. The molecule has 4 heteroatoms. The van der Waals surface area contributed by atoms with Crippen LogP contribution >= 0.6 is 15.9 Å². The number of morpholine rings is 1. The minimum Gasteiger partial charge on any atom is -0.377 e. The fraction of sp³-hybridized carbons (Fsp3) is 0.647. The quantitative estimate of drug-likeness (QED) is 0.885. The molecule has 0 aromatic heterocycles. The van der Waals surface area contributed by atoms with Gasteiger partial charge in [0.05, 0.1) is 19.3 Å². The SMILES string of the molecule is CCC1COCCN1c1ccc(Br)cc1CNC(C)(C)C. The lowest BCUT2D eigenvalue weighted by atomic mass is 10.0. The number of nitrogens with zero attached hydrogens (tertiary/aromatic N) is 1. The van der Waals surface area contributed by atoms with E-state index in [2.05, 4.69) is 72.0 Å². The van der Waals surface area contributed by atoms with Gasteiger partial charge in [0, 0.05) is 28.8 Å². The van der Waals surface area contributed by atoms with Crippen molar-refractivity contribution in [3.05, 3.63) is 28.2 Å². The van der Waals surface area contributed by atoms with E-state index in [1.807, 2.05) is 0 Å². The number of ether oxygens (including phenoxy) is 1. The highest BCUT2D eigenvalue weighted by molar-refractivity contribution is 9.10. The molecule has 1 unspecified atom stereocenters. The van der Waals surface area contributed by atoms with Crippen molar-refractivity contribution in [2.24, 2.45) is 0 Å². The Labute approximate surface area is 137 Å². The first kappa shape index (κ1) is 16.8. The van der Waals surface area contributed by atoms with Crippen LogP contribution in [0.15, 0.2) is 22.7 Å². The van der Waals surface area contributed by atoms with Gasteiger partial charge < -0.3 is 15.0 Å². The summed E-state index contributed by atoms with van der Waals surface area (Å²) in [6.07, 6.45) is 1.11. The van der Waals surface area contributed by atoms with Crippen LogP contribution in [0.25, 0.3) is 0 Å². The fourth-order valence-electron chi connectivity index (χ4n) is 2.65. The van der Waals surface area contributed by atoms with E-state index in [0.717, 1.165) is 37.2 Å². The maximum Gasteiger partial charge on any atom is 0.0670 e. The lowest BCUT2D eigenvalue weighted by molar-refractivity contribution is 0.0929. The van der Waals surface area contributed by atoms with E-state index >= 15 is 0 Å². The summed E-state index contributed by atoms with van der Waals surface area (Å²) in [7, 11) is 0. The van der Waals surface area contributed by atoms with Crippen molar-refractivity contribution in [3.8, 4) is 0 Å². The average molecular weight is 355 g/mol. The Morgan fingerprint density at radius 3 is 2.81 bits per heavy atom. The smallest absolute Gasteiger partial charge is 0.0670 e. The van der Waals surface area contributed by atoms with E-state index in [4.69, 9.17) is 4.74 Å². The van der Waals surface area contributed by atoms with E-state index in [9.17, 15) is 0 Å². The third-order valence-corrected chi connectivity index (χ3v) is 4.35. The summed E-state index contributed by atoms with van der Waals surface area (Å²) < 4.78 is 6.77. The third kappa shape index (κ3) is 4.70. The highest BCUT2D eigenvalue weighted by atomic mass is 79.9. The van der Waals surface area contributed by atoms with Gasteiger partial charge in [0.1, 0.15) is 0 Å². The Morgan fingerprint density at radius 2 is 2.14 bits per heavy atom. The summed E-state index contributed by atoms with van der Waals surface area (Å²) in [6.45, 7) is 12.3. The van der Waals surface area contributed by atoms with Crippen LogP contribution in [0, 0.1) is 0 Å². The Kier molecular flexibility index (Phi) is 5.69. The second-order valence-electron chi connectivity index (χ2n) is 6.71. The second kappa shape index (κ2) is 7.12. The van der Waals surface area contributed by atoms with Crippen LogP contribution in [0.2, 0.25) is 0 Å². The van der Waals surface area contributed by atoms with Crippen molar-refractivity contribution in [3.63, 3.8) is 0 Å². The molecule has 1 aliphatic heterocycles. The number of nitrogens with one attached hydrogen (secondary N) is 1. The van der Waals surface area contributed by atoms with Gasteiger partial charge in [-0.2, -0.15) is 0 Å². The predicted octanol–water partition coefficient (Wildman–Crippen LogP) is 3.95. The molecule has 21 heavy (non-hydrogen) atoms. The van der Waals surface area contributed by atoms with Gasteiger partial charge in [0.15, 0.2) is 0 Å². The van der Waals surface area contributed by atoms with Crippen LogP contribution < -0.4 is 10.2 Å². The molecule has 118 valence electrons. The zero-order valence-electron chi connectivity index (χ0n) is 13.6. The molecule has 1 fully saturated rings. The van der Waals surface area contributed by atoms with Gasteiger partial charge in [-0.05, 0) is 51.0 Å². The summed E-state index contributed by atoms with van der Waals surface area (Å²) in [6, 6.07) is 7.08. The van der Waals surface area contributed by atoms with Crippen LogP contribution in [-0.2, 0) is 11.3 Å². The number of anilines is 1. The van der Waals surface area contributed by atoms with Crippen molar-refractivity contribution in [1.29, 1.82) is 0 Å². The second-order valence-corrected chi connectivity index (χ2v) is 7.62. The molecular formula is C17H27BrN2O. The molecular weight excluding hydrogens is 328 g/mol. The molecule has 1 aromatic carbocycles. The number of rotatable bonds is 4. The zero-order chi connectivity index (χ0) is 15.5.